The molecule has 0 spiro atoms. The molecule has 1 aliphatic rings. The molecule has 1 aromatic heterocycles. The molecular formula is C11H17N3O2S. The van der Waals surface area contributed by atoms with Crippen LogP contribution in [0.25, 0.3) is 0 Å². The molecule has 1 fully saturated rings. The first-order chi connectivity index (χ1) is 8.17. The third-order valence-corrected chi connectivity index (χ3v) is 3.75. The van der Waals surface area contributed by atoms with Crippen molar-refractivity contribution in [3.63, 3.8) is 0 Å². The minimum absolute atomic E-state index is 0.254. The maximum atomic E-state index is 11.7. The van der Waals surface area contributed by atoms with E-state index in [-0.39, 0.29) is 5.82 Å². The molecular weight excluding hydrogens is 238 g/mol. The lowest BCUT2D eigenvalue weighted by molar-refractivity contribution is 0.0529. The molecule has 0 radical (unpaired) electrons. The smallest absolute Gasteiger partial charge is 0.344 e. The maximum absolute atomic E-state index is 11.7. The second-order valence-corrected chi connectivity index (χ2v) is 4.92. The number of ether oxygens (including phenoxy) is 1. The van der Waals surface area contributed by atoms with Gasteiger partial charge in [0.2, 0.25) is 0 Å². The molecule has 1 aromatic rings. The second-order valence-electron chi connectivity index (χ2n) is 4.15. The van der Waals surface area contributed by atoms with E-state index in [0.717, 1.165) is 17.8 Å². The molecule has 2 rings (SSSR count). The van der Waals surface area contributed by atoms with E-state index in [1.54, 1.807) is 6.92 Å². The summed E-state index contributed by atoms with van der Waals surface area (Å²) in [5.41, 5.74) is 6.08. The summed E-state index contributed by atoms with van der Waals surface area (Å²) in [6, 6.07) is 0.452. The third kappa shape index (κ3) is 2.52. The number of aromatic nitrogens is 1. The van der Waals surface area contributed by atoms with Gasteiger partial charge in [0.15, 0.2) is 5.82 Å². The number of hydrogen-bond donors (Lipinski definition) is 2. The van der Waals surface area contributed by atoms with Crippen molar-refractivity contribution in [2.24, 2.45) is 5.92 Å². The Morgan fingerprint density at radius 2 is 2.41 bits per heavy atom. The summed E-state index contributed by atoms with van der Waals surface area (Å²) in [5.74, 6) is 0.563. The van der Waals surface area contributed by atoms with Gasteiger partial charge in [-0.05, 0) is 30.8 Å². The summed E-state index contributed by atoms with van der Waals surface area (Å²) < 4.78 is 8.98. The highest BCUT2D eigenvalue weighted by atomic mass is 32.1. The second kappa shape index (κ2) is 4.91. The first-order valence-corrected chi connectivity index (χ1v) is 6.63. The number of rotatable bonds is 5. The highest BCUT2D eigenvalue weighted by molar-refractivity contribution is 7.11. The quantitative estimate of drug-likeness (QED) is 0.788. The van der Waals surface area contributed by atoms with Gasteiger partial charge in [-0.25, -0.2) is 4.79 Å². The van der Waals surface area contributed by atoms with Gasteiger partial charge in [0.25, 0.3) is 0 Å². The van der Waals surface area contributed by atoms with Gasteiger partial charge in [-0.3, -0.25) is 0 Å². The Morgan fingerprint density at radius 3 is 3.00 bits per heavy atom. The number of esters is 1. The average molecular weight is 255 g/mol. The van der Waals surface area contributed by atoms with Gasteiger partial charge >= 0.3 is 5.97 Å². The van der Waals surface area contributed by atoms with Gasteiger partial charge < -0.3 is 15.8 Å². The first-order valence-electron chi connectivity index (χ1n) is 5.86. The number of hydrogen-bond acceptors (Lipinski definition) is 6. The fraction of sp³-hybridized carbons (Fsp3) is 0.636. The molecule has 0 aromatic carbocycles. The van der Waals surface area contributed by atoms with Crippen LogP contribution in [0.2, 0.25) is 0 Å². The Labute approximate surface area is 105 Å². The van der Waals surface area contributed by atoms with E-state index >= 15 is 0 Å². The molecule has 6 heteroatoms. The molecule has 94 valence electrons. The van der Waals surface area contributed by atoms with Crippen molar-refractivity contribution in [2.45, 2.75) is 32.7 Å². The van der Waals surface area contributed by atoms with Gasteiger partial charge in [0.1, 0.15) is 10.6 Å². The Balaban J connectivity index is 2.09. The Kier molecular flexibility index (Phi) is 3.51. The number of nitrogen functional groups attached to an aromatic ring is 1. The van der Waals surface area contributed by atoms with E-state index in [0.29, 0.717) is 24.1 Å². The highest BCUT2D eigenvalue weighted by Crippen LogP contribution is 2.39. The molecule has 5 nitrogen and oxygen atoms in total. The van der Waals surface area contributed by atoms with Gasteiger partial charge in [-0.15, -0.1) is 0 Å². The number of carbonyl (C=O) groups excluding carboxylic acids is 1. The molecule has 1 aliphatic carbocycles. The Bertz CT molecular complexity index is 419. The zero-order valence-corrected chi connectivity index (χ0v) is 10.8. The highest BCUT2D eigenvalue weighted by Gasteiger charge is 2.36. The minimum Gasteiger partial charge on any atom is -0.462 e. The van der Waals surface area contributed by atoms with E-state index in [1.165, 1.54) is 11.5 Å². The van der Waals surface area contributed by atoms with Crippen LogP contribution in [-0.2, 0) is 4.74 Å². The van der Waals surface area contributed by atoms with Crippen LogP contribution in [0.1, 0.15) is 37.0 Å². The lowest BCUT2D eigenvalue weighted by atomic mass is 10.3. The van der Waals surface area contributed by atoms with Crippen molar-refractivity contribution in [2.75, 3.05) is 17.7 Å². The summed E-state index contributed by atoms with van der Waals surface area (Å²) in [7, 11) is 0. The molecule has 2 atom stereocenters. The Morgan fingerprint density at radius 1 is 1.65 bits per heavy atom. The minimum atomic E-state index is -0.394. The standard InChI is InChI=1S/C11H17N3O2S/c1-3-6-5-7(6)13-10-8(9(12)14-17-10)11(15)16-4-2/h6-7,13H,3-5H2,1-2H3,(H2,12,14). The molecule has 3 N–H and O–H groups in total. The van der Waals surface area contributed by atoms with Crippen LogP contribution in [0, 0.1) is 5.92 Å². The first kappa shape index (κ1) is 12.2. The van der Waals surface area contributed by atoms with Crippen molar-refractivity contribution in [3.05, 3.63) is 5.56 Å². The van der Waals surface area contributed by atoms with Crippen LogP contribution in [-0.4, -0.2) is 23.0 Å². The zero-order valence-electron chi connectivity index (χ0n) is 10.0. The van der Waals surface area contributed by atoms with E-state index in [2.05, 4.69) is 16.6 Å². The van der Waals surface area contributed by atoms with E-state index < -0.39 is 5.97 Å². The van der Waals surface area contributed by atoms with Crippen LogP contribution in [0.3, 0.4) is 0 Å². The maximum Gasteiger partial charge on any atom is 0.344 e. The summed E-state index contributed by atoms with van der Waals surface area (Å²) in [6.45, 7) is 4.28. The number of nitrogens with two attached hydrogens (primary N) is 1. The topological polar surface area (TPSA) is 77.2 Å². The van der Waals surface area contributed by atoms with E-state index in [4.69, 9.17) is 10.5 Å². The van der Waals surface area contributed by atoms with Crippen molar-refractivity contribution < 1.29 is 9.53 Å². The lowest BCUT2D eigenvalue weighted by Crippen LogP contribution is -2.11. The molecule has 17 heavy (non-hydrogen) atoms. The molecule has 0 aliphatic heterocycles. The summed E-state index contributed by atoms with van der Waals surface area (Å²) >= 11 is 1.22. The van der Waals surface area contributed by atoms with Gasteiger partial charge in [-0.1, -0.05) is 13.3 Å². The van der Waals surface area contributed by atoms with E-state index in [1.807, 2.05) is 0 Å². The molecule has 2 unspecified atom stereocenters. The predicted octanol–water partition coefficient (Wildman–Crippen LogP) is 2.11. The fourth-order valence-corrected chi connectivity index (χ4v) is 2.61. The van der Waals surface area contributed by atoms with Crippen molar-refractivity contribution in [3.8, 4) is 0 Å². The number of nitrogens with zero attached hydrogens (tertiary/aromatic N) is 1. The average Bonchev–Trinajstić information content (AvgIpc) is 2.95. The van der Waals surface area contributed by atoms with Crippen LogP contribution >= 0.6 is 11.5 Å². The molecule has 0 saturated heterocycles. The van der Waals surface area contributed by atoms with Gasteiger partial charge in [0.05, 0.1) is 6.61 Å². The van der Waals surface area contributed by atoms with Crippen molar-refractivity contribution in [1.82, 2.24) is 4.37 Å². The van der Waals surface area contributed by atoms with Crippen LogP contribution in [0.15, 0.2) is 0 Å². The van der Waals surface area contributed by atoms with Gasteiger partial charge in [-0.2, -0.15) is 4.37 Å². The summed E-state index contributed by atoms with van der Waals surface area (Å²) in [5, 5.41) is 4.06. The normalized spacial score (nSPS) is 22.2. The molecule has 0 amide bonds. The van der Waals surface area contributed by atoms with Crippen LogP contribution in [0.4, 0.5) is 10.8 Å². The van der Waals surface area contributed by atoms with Gasteiger partial charge in [0, 0.05) is 6.04 Å². The lowest BCUT2D eigenvalue weighted by Gasteiger charge is -2.05. The van der Waals surface area contributed by atoms with Crippen LogP contribution in [0.5, 0.6) is 0 Å². The SMILES string of the molecule is CCOC(=O)c1c(N)nsc1NC1CC1CC. The van der Waals surface area contributed by atoms with Crippen LogP contribution < -0.4 is 11.1 Å². The summed E-state index contributed by atoms with van der Waals surface area (Å²) in [4.78, 5) is 11.7. The molecule has 1 saturated carbocycles. The fourth-order valence-electron chi connectivity index (χ4n) is 1.85. The summed E-state index contributed by atoms with van der Waals surface area (Å²) in [6.07, 6.45) is 2.30. The third-order valence-electron chi connectivity index (χ3n) is 2.96. The predicted molar refractivity (Wildman–Crippen MR) is 68.3 cm³/mol. The Hall–Kier alpha value is -1.30. The molecule has 0 bridgehead atoms. The van der Waals surface area contributed by atoms with E-state index in [9.17, 15) is 4.79 Å². The monoisotopic (exact) mass is 255 g/mol. The number of carbonyl (C=O) groups is 1. The largest absolute Gasteiger partial charge is 0.462 e. The van der Waals surface area contributed by atoms with Crippen molar-refractivity contribution in [1.29, 1.82) is 0 Å². The molecule has 1 heterocycles. The zero-order chi connectivity index (χ0) is 12.4. The number of nitrogens with one attached hydrogen (secondary N) is 1. The number of anilines is 2. The van der Waals surface area contributed by atoms with Crippen molar-refractivity contribution >= 4 is 28.3 Å².